The topological polar surface area (TPSA) is 36.1 Å². The van der Waals surface area contributed by atoms with E-state index < -0.39 is 0 Å². The van der Waals surface area contributed by atoms with Crippen molar-refractivity contribution >= 4 is 87.5 Å². The van der Waals surface area contributed by atoms with E-state index in [1.165, 1.54) is 21.7 Å². The second kappa shape index (κ2) is 8.68. The summed E-state index contributed by atoms with van der Waals surface area (Å²) in [5.41, 5.74) is 10.5. The Morgan fingerprint density at radius 3 is 1.46 bits per heavy atom. The number of hydrogen-bond acceptors (Lipinski definition) is 2. The van der Waals surface area contributed by atoms with Gasteiger partial charge in [0.05, 0.1) is 22.1 Å². The van der Waals surface area contributed by atoms with Gasteiger partial charge in [-0.25, -0.2) is 0 Å². The van der Waals surface area contributed by atoms with Gasteiger partial charge in [-0.05, 0) is 72.8 Å². The molecule has 46 heavy (non-hydrogen) atoms. The molecule has 0 unspecified atom stereocenters. The molecule has 7 aromatic carbocycles. The third-order valence-corrected chi connectivity index (χ3v) is 9.69. The highest BCUT2D eigenvalue weighted by Gasteiger charge is 2.20. The first kappa shape index (κ1) is 24.1. The lowest BCUT2D eigenvalue weighted by Crippen LogP contribution is -1.95. The standard InChI is InChI=1S/C42H24N2O2/c1-2-10-25(11-3-1)43-36-19-18-26(20-30(36)32-24-42-34(22-38(32)43)29-14-6-9-17-40(29)46-42)44-35-15-7-4-12-27(35)31-23-41-33(21-37(31)44)28-13-5-8-16-39(28)45-41/h1-24H. The number of fused-ring (bicyclic) bond motifs is 12. The summed E-state index contributed by atoms with van der Waals surface area (Å²) in [5, 5.41) is 9.24. The Balaban J connectivity index is 1.26. The van der Waals surface area contributed by atoms with E-state index >= 15 is 0 Å². The van der Waals surface area contributed by atoms with Crippen LogP contribution in [0.4, 0.5) is 0 Å². The van der Waals surface area contributed by atoms with E-state index in [-0.39, 0.29) is 0 Å². The maximum absolute atomic E-state index is 6.39. The molecule has 4 heteroatoms. The molecule has 0 saturated heterocycles. The SMILES string of the molecule is c1ccc(-n2c3ccc(-n4c5ccccc5c5cc6oc7ccccc7c6cc54)cc3c3cc4oc5ccccc5c4cc32)cc1. The minimum absolute atomic E-state index is 0.900. The summed E-state index contributed by atoms with van der Waals surface area (Å²) in [5.74, 6) is 0. The summed E-state index contributed by atoms with van der Waals surface area (Å²) < 4.78 is 17.5. The Kier molecular flexibility index (Phi) is 4.55. The monoisotopic (exact) mass is 588 g/mol. The number of benzene rings is 7. The predicted octanol–water partition coefficient (Wildman–Crippen LogP) is 11.7. The first-order valence-electron chi connectivity index (χ1n) is 15.6. The molecule has 214 valence electrons. The second-order valence-corrected chi connectivity index (χ2v) is 12.2. The van der Waals surface area contributed by atoms with E-state index in [0.717, 1.165) is 77.2 Å². The van der Waals surface area contributed by atoms with Crippen LogP contribution in [-0.2, 0) is 0 Å². The van der Waals surface area contributed by atoms with Crippen LogP contribution in [0.3, 0.4) is 0 Å². The minimum Gasteiger partial charge on any atom is -0.456 e. The molecule has 11 aromatic rings. The fourth-order valence-electron chi connectivity index (χ4n) is 7.68. The lowest BCUT2D eigenvalue weighted by molar-refractivity contribution is 0.669. The van der Waals surface area contributed by atoms with Crippen molar-refractivity contribution in [2.75, 3.05) is 0 Å². The third-order valence-electron chi connectivity index (χ3n) is 9.69. The molecule has 0 amide bonds. The first-order chi connectivity index (χ1) is 22.8. The molecule has 0 aliphatic carbocycles. The molecule has 11 rings (SSSR count). The lowest BCUT2D eigenvalue weighted by atomic mass is 10.1. The summed E-state index contributed by atoms with van der Waals surface area (Å²) in [6.45, 7) is 0. The quantitative estimate of drug-likeness (QED) is 0.201. The van der Waals surface area contributed by atoms with Gasteiger partial charge in [-0.3, -0.25) is 0 Å². The Hall–Kier alpha value is -6.26. The largest absolute Gasteiger partial charge is 0.456 e. The number of hydrogen-bond donors (Lipinski definition) is 0. The Morgan fingerprint density at radius 1 is 0.283 bits per heavy atom. The highest BCUT2D eigenvalue weighted by Crippen LogP contribution is 2.41. The highest BCUT2D eigenvalue weighted by atomic mass is 16.3. The van der Waals surface area contributed by atoms with E-state index in [1.807, 2.05) is 24.3 Å². The molecular formula is C42H24N2O2. The van der Waals surface area contributed by atoms with Crippen molar-refractivity contribution in [3.8, 4) is 11.4 Å². The predicted molar refractivity (Wildman–Crippen MR) is 190 cm³/mol. The van der Waals surface area contributed by atoms with Crippen molar-refractivity contribution in [2.24, 2.45) is 0 Å². The molecule has 4 nitrogen and oxygen atoms in total. The number of para-hydroxylation sites is 4. The average molecular weight is 589 g/mol. The van der Waals surface area contributed by atoms with Crippen LogP contribution in [0.5, 0.6) is 0 Å². The van der Waals surface area contributed by atoms with Gasteiger partial charge in [-0.15, -0.1) is 0 Å². The zero-order chi connectivity index (χ0) is 29.9. The molecule has 0 spiro atoms. The lowest BCUT2D eigenvalue weighted by Gasteiger charge is -2.10. The molecule has 0 aliphatic rings. The molecular weight excluding hydrogens is 564 g/mol. The van der Waals surface area contributed by atoms with Gasteiger partial charge in [0.1, 0.15) is 22.3 Å². The van der Waals surface area contributed by atoms with Gasteiger partial charge >= 0.3 is 0 Å². The minimum atomic E-state index is 0.900. The molecule has 4 heterocycles. The summed E-state index contributed by atoms with van der Waals surface area (Å²) in [4.78, 5) is 0. The summed E-state index contributed by atoms with van der Waals surface area (Å²) in [7, 11) is 0. The van der Waals surface area contributed by atoms with Crippen LogP contribution in [0.25, 0.3) is 98.9 Å². The van der Waals surface area contributed by atoms with E-state index in [1.54, 1.807) is 0 Å². The maximum atomic E-state index is 6.39. The van der Waals surface area contributed by atoms with Crippen molar-refractivity contribution in [3.05, 3.63) is 146 Å². The fraction of sp³-hybridized carbons (Fsp3) is 0. The molecule has 0 bridgehead atoms. The van der Waals surface area contributed by atoms with Gasteiger partial charge in [0.2, 0.25) is 0 Å². The van der Waals surface area contributed by atoms with Crippen LogP contribution in [0.1, 0.15) is 0 Å². The number of nitrogens with zero attached hydrogens (tertiary/aromatic N) is 2. The number of furan rings is 2. The van der Waals surface area contributed by atoms with Gasteiger partial charge in [-0.1, -0.05) is 72.8 Å². The van der Waals surface area contributed by atoms with Crippen LogP contribution >= 0.6 is 0 Å². The molecule has 0 atom stereocenters. The molecule has 0 fully saturated rings. The third kappa shape index (κ3) is 3.12. The van der Waals surface area contributed by atoms with Gasteiger partial charge in [0.15, 0.2) is 0 Å². The maximum Gasteiger partial charge on any atom is 0.136 e. The Labute approximate surface area is 261 Å². The number of rotatable bonds is 2. The van der Waals surface area contributed by atoms with Gasteiger partial charge in [-0.2, -0.15) is 0 Å². The van der Waals surface area contributed by atoms with Crippen molar-refractivity contribution in [3.63, 3.8) is 0 Å². The van der Waals surface area contributed by atoms with Gasteiger partial charge in [0, 0.05) is 54.5 Å². The normalized spacial score (nSPS) is 12.3. The van der Waals surface area contributed by atoms with E-state index in [2.05, 4.69) is 130 Å². The molecule has 0 aliphatic heterocycles. The van der Waals surface area contributed by atoms with E-state index in [9.17, 15) is 0 Å². The number of aromatic nitrogens is 2. The molecule has 4 aromatic heterocycles. The summed E-state index contributed by atoms with van der Waals surface area (Å²) >= 11 is 0. The van der Waals surface area contributed by atoms with Crippen molar-refractivity contribution < 1.29 is 8.83 Å². The van der Waals surface area contributed by atoms with Crippen molar-refractivity contribution in [1.82, 2.24) is 9.13 Å². The molecule has 0 radical (unpaired) electrons. The first-order valence-corrected chi connectivity index (χ1v) is 15.6. The highest BCUT2D eigenvalue weighted by molar-refractivity contribution is 6.19. The summed E-state index contributed by atoms with van der Waals surface area (Å²) in [6.07, 6.45) is 0. The van der Waals surface area contributed by atoms with E-state index in [4.69, 9.17) is 8.83 Å². The van der Waals surface area contributed by atoms with Crippen LogP contribution in [0.2, 0.25) is 0 Å². The Bertz CT molecular complexity index is 3020. The molecule has 0 saturated carbocycles. The van der Waals surface area contributed by atoms with Crippen LogP contribution in [0.15, 0.2) is 154 Å². The van der Waals surface area contributed by atoms with Crippen LogP contribution in [-0.4, -0.2) is 9.13 Å². The molecule has 0 N–H and O–H groups in total. The van der Waals surface area contributed by atoms with Gasteiger partial charge < -0.3 is 18.0 Å². The fourth-order valence-corrected chi connectivity index (χ4v) is 7.68. The smallest absolute Gasteiger partial charge is 0.136 e. The average Bonchev–Trinajstić information content (AvgIpc) is 3.83. The van der Waals surface area contributed by atoms with Gasteiger partial charge in [0.25, 0.3) is 0 Å². The second-order valence-electron chi connectivity index (χ2n) is 12.2. The Morgan fingerprint density at radius 2 is 0.783 bits per heavy atom. The zero-order valence-electron chi connectivity index (χ0n) is 24.6. The zero-order valence-corrected chi connectivity index (χ0v) is 24.6. The van der Waals surface area contributed by atoms with Crippen molar-refractivity contribution in [2.45, 2.75) is 0 Å². The van der Waals surface area contributed by atoms with Crippen LogP contribution in [0, 0.1) is 0 Å². The van der Waals surface area contributed by atoms with Crippen molar-refractivity contribution in [1.29, 1.82) is 0 Å². The van der Waals surface area contributed by atoms with E-state index in [0.29, 0.717) is 0 Å². The van der Waals surface area contributed by atoms with Crippen LogP contribution < -0.4 is 0 Å². The summed E-state index contributed by atoms with van der Waals surface area (Å²) in [6, 6.07) is 51.8.